The number of carbonyl (C=O) groups excluding carboxylic acids is 2. The number of aromatic nitrogens is 2. The molecule has 0 radical (unpaired) electrons. The summed E-state index contributed by atoms with van der Waals surface area (Å²) in [5.74, 6) is -0.255. The lowest BCUT2D eigenvalue weighted by atomic mass is 10.2. The van der Waals surface area contributed by atoms with Gasteiger partial charge >= 0.3 is 6.03 Å². The summed E-state index contributed by atoms with van der Waals surface area (Å²) >= 11 is 5.98. The molecule has 1 aromatic carbocycles. The number of carbonyl (C=O) groups is 2. The quantitative estimate of drug-likeness (QED) is 0.882. The number of amides is 2. The van der Waals surface area contributed by atoms with Crippen molar-refractivity contribution in [3.63, 3.8) is 0 Å². The van der Waals surface area contributed by atoms with E-state index >= 15 is 0 Å². The number of nitrogens with one attached hydrogen (secondary N) is 2. The largest absolute Gasteiger partial charge is 0.355 e. The number of halogens is 1. The molecule has 0 atom stereocenters. The monoisotopic (exact) mass is 278 g/mol. The summed E-state index contributed by atoms with van der Waals surface area (Å²) < 4.78 is 1.27. The number of benzene rings is 1. The Morgan fingerprint density at radius 3 is 2.79 bits per heavy atom. The van der Waals surface area contributed by atoms with E-state index < -0.39 is 6.03 Å². The fraction of sp³-hybridized carbons (Fsp3) is 0.0833. The zero-order chi connectivity index (χ0) is 13.8. The molecular formula is C12H11ClN4O2. The molecule has 1 aromatic heterocycles. The van der Waals surface area contributed by atoms with Crippen LogP contribution in [0.25, 0.3) is 0 Å². The first-order chi connectivity index (χ1) is 9.11. The first kappa shape index (κ1) is 13.1. The summed E-state index contributed by atoms with van der Waals surface area (Å²) in [6.07, 6.45) is 4.36. The summed E-state index contributed by atoms with van der Waals surface area (Å²) in [5.41, 5.74) is 0.772. The van der Waals surface area contributed by atoms with E-state index in [0.29, 0.717) is 16.3 Å². The molecule has 0 saturated heterocycles. The molecule has 19 heavy (non-hydrogen) atoms. The minimum absolute atomic E-state index is 0.255. The molecule has 0 fully saturated rings. The SMILES string of the molecule is CNC(=O)c1ccc(Cl)c(NC(=O)n2ccnc2)c1. The molecule has 0 bridgehead atoms. The summed E-state index contributed by atoms with van der Waals surface area (Å²) in [4.78, 5) is 27.1. The van der Waals surface area contributed by atoms with Gasteiger partial charge in [-0.05, 0) is 18.2 Å². The Morgan fingerprint density at radius 2 is 2.16 bits per heavy atom. The Balaban J connectivity index is 2.24. The Hall–Kier alpha value is -2.34. The fourth-order valence-corrected chi connectivity index (χ4v) is 1.63. The molecule has 1 heterocycles. The standard InChI is InChI=1S/C12H11ClN4O2/c1-14-11(18)8-2-3-9(13)10(6-8)16-12(19)17-5-4-15-7-17/h2-7H,1H3,(H,14,18)(H,16,19). The average molecular weight is 279 g/mol. The van der Waals surface area contributed by atoms with Crippen molar-refractivity contribution in [3.05, 3.63) is 47.5 Å². The molecule has 2 amide bonds. The molecular weight excluding hydrogens is 268 g/mol. The third kappa shape index (κ3) is 2.92. The first-order valence-corrected chi connectivity index (χ1v) is 5.80. The molecule has 0 unspecified atom stereocenters. The molecule has 0 aliphatic carbocycles. The Labute approximate surface area is 114 Å². The lowest BCUT2D eigenvalue weighted by Crippen LogP contribution is -2.20. The first-order valence-electron chi connectivity index (χ1n) is 5.43. The van der Waals surface area contributed by atoms with E-state index in [1.807, 2.05) is 0 Å². The maximum atomic E-state index is 11.8. The highest BCUT2D eigenvalue weighted by molar-refractivity contribution is 6.33. The van der Waals surface area contributed by atoms with Gasteiger partial charge in [0, 0.05) is 25.0 Å². The molecule has 2 rings (SSSR count). The number of hydrogen-bond donors (Lipinski definition) is 2. The van der Waals surface area contributed by atoms with Crippen molar-refractivity contribution >= 4 is 29.2 Å². The lowest BCUT2D eigenvalue weighted by Gasteiger charge is -2.09. The second-order valence-corrected chi connectivity index (χ2v) is 4.08. The fourth-order valence-electron chi connectivity index (χ4n) is 1.47. The molecule has 2 aromatic rings. The molecule has 2 N–H and O–H groups in total. The van der Waals surface area contributed by atoms with Gasteiger partial charge in [0.05, 0.1) is 10.7 Å². The molecule has 0 saturated carbocycles. The van der Waals surface area contributed by atoms with E-state index in [-0.39, 0.29) is 5.91 Å². The van der Waals surface area contributed by atoms with Gasteiger partial charge in [-0.2, -0.15) is 0 Å². The van der Waals surface area contributed by atoms with Gasteiger partial charge in [0.2, 0.25) is 0 Å². The number of hydrogen-bond acceptors (Lipinski definition) is 3. The normalized spacial score (nSPS) is 10.0. The Bertz CT molecular complexity index is 610. The van der Waals surface area contributed by atoms with Crippen LogP contribution in [-0.2, 0) is 0 Å². The molecule has 7 heteroatoms. The van der Waals surface area contributed by atoms with E-state index in [0.717, 1.165) is 0 Å². The van der Waals surface area contributed by atoms with Gasteiger partial charge in [0.15, 0.2) is 0 Å². The van der Waals surface area contributed by atoms with Crippen LogP contribution in [0.4, 0.5) is 10.5 Å². The van der Waals surface area contributed by atoms with Crippen molar-refractivity contribution in [2.45, 2.75) is 0 Å². The molecule has 0 aliphatic heterocycles. The van der Waals surface area contributed by atoms with E-state index in [1.54, 1.807) is 12.1 Å². The van der Waals surface area contributed by atoms with Crippen LogP contribution in [0.3, 0.4) is 0 Å². The minimum atomic E-state index is -0.409. The average Bonchev–Trinajstić information content (AvgIpc) is 2.94. The predicted octanol–water partition coefficient (Wildman–Crippen LogP) is 1.98. The van der Waals surface area contributed by atoms with Crippen LogP contribution < -0.4 is 10.6 Å². The summed E-state index contributed by atoms with van der Waals surface area (Å²) in [7, 11) is 1.53. The summed E-state index contributed by atoms with van der Waals surface area (Å²) in [6.45, 7) is 0. The highest BCUT2D eigenvalue weighted by atomic mass is 35.5. The van der Waals surface area contributed by atoms with Gasteiger partial charge < -0.3 is 10.6 Å². The highest BCUT2D eigenvalue weighted by Gasteiger charge is 2.10. The van der Waals surface area contributed by atoms with Gasteiger partial charge in [0.25, 0.3) is 5.91 Å². The smallest absolute Gasteiger partial charge is 0.331 e. The van der Waals surface area contributed by atoms with Gasteiger partial charge in [-0.1, -0.05) is 11.6 Å². The predicted molar refractivity (Wildman–Crippen MR) is 71.5 cm³/mol. The van der Waals surface area contributed by atoms with Crippen molar-refractivity contribution in [1.82, 2.24) is 14.9 Å². The van der Waals surface area contributed by atoms with Gasteiger partial charge in [-0.3, -0.25) is 9.36 Å². The highest BCUT2D eigenvalue weighted by Crippen LogP contribution is 2.23. The second-order valence-electron chi connectivity index (χ2n) is 3.67. The number of rotatable bonds is 2. The van der Waals surface area contributed by atoms with Gasteiger partial charge in [-0.25, -0.2) is 9.78 Å². The van der Waals surface area contributed by atoms with Crippen molar-refractivity contribution < 1.29 is 9.59 Å². The summed E-state index contributed by atoms with van der Waals surface area (Å²) in [6, 6.07) is 4.23. The van der Waals surface area contributed by atoms with Gasteiger partial charge in [-0.15, -0.1) is 0 Å². The Kier molecular flexibility index (Phi) is 3.82. The third-order valence-corrected chi connectivity index (χ3v) is 2.77. The molecule has 98 valence electrons. The number of nitrogens with zero attached hydrogens (tertiary/aromatic N) is 2. The van der Waals surface area contributed by atoms with Crippen LogP contribution >= 0.6 is 11.6 Å². The molecule has 6 nitrogen and oxygen atoms in total. The zero-order valence-electron chi connectivity index (χ0n) is 10.1. The van der Waals surface area contributed by atoms with E-state index in [2.05, 4.69) is 15.6 Å². The molecule has 0 aliphatic rings. The zero-order valence-corrected chi connectivity index (χ0v) is 10.8. The van der Waals surface area contributed by atoms with Crippen molar-refractivity contribution in [1.29, 1.82) is 0 Å². The molecule has 0 spiro atoms. The number of imidazole rings is 1. The Morgan fingerprint density at radius 1 is 1.37 bits per heavy atom. The van der Waals surface area contributed by atoms with E-state index in [4.69, 9.17) is 11.6 Å². The topological polar surface area (TPSA) is 76.0 Å². The van der Waals surface area contributed by atoms with Crippen molar-refractivity contribution in [2.75, 3.05) is 12.4 Å². The van der Waals surface area contributed by atoms with Crippen LogP contribution in [0.5, 0.6) is 0 Å². The van der Waals surface area contributed by atoms with Crippen LogP contribution in [0.15, 0.2) is 36.9 Å². The van der Waals surface area contributed by atoms with Crippen LogP contribution in [0.1, 0.15) is 10.4 Å². The lowest BCUT2D eigenvalue weighted by molar-refractivity contribution is 0.0963. The minimum Gasteiger partial charge on any atom is -0.355 e. The van der Waals surface area contributed by atoms with Crippen LogP contribution in [0, 0.1) is 0 Å². The maximum absolute atomic E-state index is 11.8. The third-order valence-electron chi connectivity index (χ3n) is 2.44. The van der Waals surface area contributed by atoms with E-state index in [9.17, 15) is 9.59 Å². The second kappa shape index (κ2) is 5.53. The van der Waals surface area contributed by atoms with Crippen LogP contribution in [-0.4, -0.2) is 28.5 Å². The number of anilines is 1. The summed E-state index contributed by atoms with van der Waals surface area (Å²) in [5, 5.41) is 5.45. The van der Waals surface area contributed by atoms with E-state index in [1.165, 1.54) is 36.4 Å². The van der Waals surface area contributed by atoms with Crippen molar-refractivity contribution in [3.8, 4) is 0 Å². The van der Waals surface area contributed by atoms with Crippen molar-refractivity contribution in [2.24, 2.45) is 0 Å². The van der Waals surface area contributed by atoms with Gasteiger partial charge in [0.1, 0.15) is 6.33 Å². The maximum Gasteiger partial charge on any atom is 0.331 e. The van der Waals surface area contributed by atoms with Crippen LogP contribution in [0.2, 0.25) is 5.02 Å².